The molecular weight excluding hydrogens is 244 g/mol. The molecule has 0 radical (unpaired) electrons. The first-order valence-electron chi connectivity index (χ1n) is 5.20. The second kappa shape index (κ2) is 6.79. The van der Waals surface area contributed by atoms with Crippen molar-refractivity contribution in [3.63, 3.8) is 0 Å². The maximum atomic E-state index is 11.4. The van der Waals surface area contributed by atoms with Gasteiger partial charge in [-0.1, -0.05) is 31.1 Å². The van der Waals surface area contributed by atoms with E-state index in [0.717, 1.165) is 24.2 Å². The summed E-state index contributed by atoms with van der Waals surface area (Å²) in [7, 11) is 0. The van der Waals surface area contributed by atoms with Crippen LogP contribution in [0.1, 0.15) is 26.2 Å². The normalized spacial score (nSPS) is 11.8. The smallest absolute Gasteiger partial charge is 0.326 e. The quantitative estimate of drug-likeness (QED) is 0.713. The Morgan fingerprint density at radius 2 is 2.35 bits per heavy atom. The van der Waals surface area contributed by atoms with E-state index in [1.54, 1.807) is 0 Å². The Morgan fingerprint density at radius 1 is 1.59 bits per heavy atom. The summed E-state index contributed by atoms with van der Waals surface area (Å²) in [6.07, 6.45) is 2.04. The van der Waals surface area contributed by atoms with Crippen molar-refractivity contribution in [2.75, 3.05) is 5.32 Å². The third-order valence-electron chi connectivity index (χ3n) is 2.03. The number of aromatic nitrogens is 2. The van der Waals surface area contributed by atoms with Gasteiger partial charge < -0.3 is 10.4 Å². The average molecular weight is 258 g/mol. The van der Waals surface area contributed by atoms with E-state index in [0.29, 0.717) is 11.6 Å². The summed E-state index contributed by atoms with van der Waals surface area (Å²) >= 11 is 1.16. The van der Waals surface area contributed by atoms with Gasteiger partial charge in [0.15, 0.2) is 0 Å². The second-order valence-electron chi connectivity index (χ2n) is 3.38. The van der Waals surface area contributed by atoms with Gasteiger partial charge in [0.05, 0.1) is 0 Å². The lowest BCUT2D eigenvalue weighted by atomic mass is 10.1. The Bertz CT molecular complexity index is 368. The van der Waals surface area contributed by atoms with Gasteiger partial charge in [-0.05, 0) is 6.42 Å². The predicted octanol–water partition coefficient (Wildman–Crippen LogP) is 1.30. The largest absolute Gasteiger partial charge is 0.480 e. The molecule has 0 spiro atoms. The molecule has 8 heteroatoms. The molecule has 0 saturated heterocycles. The molecule has 0 aliphatic heterocycles. The van der Waals surface area contributed by atoms with Crippen LogP contribution in [0.25, 0.3) is 0 Å². The van der Waals surface area contributed by atoms with Crippen LogP contribution in [-0.2, 0) is 4.79 Å². The number of aliphatic carboxylic acids is 1. The van der Waals surface area contributed by atoms with Crippen LogP contribution in [0.3, 0.4) is 0 Å². The molecule has 0 fully saturated rings. The Labute approximate surface area is 102 Å². The lowest BCUT2D eigenvalue weighted by molar-refractivity contribution is -0.139. The molecule has 0 bridgehead atoms. The highest BCUT2D eigenvalue weighted by Gasteiger charge is 2.19. The lowest BCUT2D eigenvalue weighted by Gasteiger charge is -2.13. The van der Waals surface area contributed by atoms with Crippen molar-refractivity contribution in [3.8, 4) is 0 Å². The van der Waals surface area contributed by atoms with Crippen LogP contribution in [0, 0.1) is 0 Å². The van der Waals surface area contributed by atoms with Gasteiger partial charge >= 0.3 is 12.0 Å². The van der Waals surface area contributed by atoms with Gasteiger partial charge in [0.25, 0.3) is 0 Å². The van der Waals surface area contributed by atoms with Gasteiger partial charge in [-0.15, -0.1) is 10.2 Å². The summed E-state index contributed by atoms with van der Waals surface area (Å²) < 4.78 is 0. The van der Waals surface area contributed by atoms with Gasteiger partial charge in [0, 0.05) is 0 Å². The zero-order valence-corrected chi connectivity index (χ0v) is 10.2. The minimum Gasteiger partial charge on any atom is -0.480 e. The number of carboxylic acid groups (broad SMARTS) is 1. The Balaban J connectivity index is 2.43. The second-order valence-corrected chi connectivity index (χ2v) is 4.21. The number of nitrogens with one attached hydrogen (secondary N) is 2. The lowest BCUT2D eigenvalue weighted by Crippen LogP contribution is -2.42. The number of rotatable bonds is 6. The van der Waals surface area contributed by atoms with Crippen molar-refractivity contribution >= 4 is 28.5 Å². The van der Waals surface area contributed by atoms with E-state index in [1.165, 1.54) is 5.51 Å². The number of hydrogen-bond donors (Lipinski definition) is 3. The molecule has 94 valence electrons. The molecule has 2 amide bonds. The summed E-state index contributed by atoms with van der Waals surface area (Å²) in [5.74, 6) is -1.04. The number of anilines is 1. The average Bonchev–Trinajstić information content (AvgIpc) is 2.76. The number of carbonyl (C=O) groups excluding carboxylic acids is 1. The number of carbonyl (C=O) groups is 2. The first-order valence-corrected chi connectivity index (χ1v) is 6.08. The van der Waals surface area contributed by atoms with Gasteiger partial charge in [0.2, 0.25) is 5.13 Å². The Kier molecular flexibility index (Phi) is 5.34. The fourth-order valence-electron chi connectivity index (χ4n) is 1.18. The van der Waals surface area contributed by atoms with Crippen LogP contribution in [0.4, 0.5) is 9.93 Å². The third-order valence-corrected chi connectivity index (χ3v) is 2.64. The third kappa shape index (κ3) is 4.77. The van der Waals surface area contributed by atoms with E-state index in [-0.39, 0.29) is 0 Å². The number of unbranched alkanes of at least 4 members (excludes halogenated alkanes) is 1. The molecular formula is C9H14N4O3S. The number of hydrogen-bond acceptors (Lipinski definition) is 5. The van der Waals surface area contributed by atoms with Crippen LogP contribution in [0.5, 0.6) is 0 Å². The zero-order valence-electron chi connectivity index (χ0n) is 9.34. The van der Waals surface area contributed by atoms with Gasteiger partial charge in [-0.25, -0.2) is 9.59 Å². The van der Waals surface area contributed by atoms with E-state index in [9.17, 15) is 9.59 Å². The molecule has 17 heavy (non-hydrogen) atoms. The molecule has 1 unspecified atom stereocenters. The van der Waals surface area contributed by atoms with Gasteiger partial charge in [-0.3, -0.25) is 5.32 Å². The van der Waals surface area contributed by atoms with Gasteiger partial charge in [-0.2, -0.15) is 0 Å². The van der Waals surface area contributed by atoms with Crippen LogP contribution in [0.2, 0.25) is 0 Å². The van der Waals surface area contributed by atoms with Crippen LogP contribution >= 0.6 is 11.3 Å². The van der Waals surface area contributed by atoms with Gasteiger partial charge in [0.1, 0.15) is 11.6 Å². The maximum absolute atomic E-state index is 11.4. The first kappa shape index (κ1) is 13.4. The molecule has 0 aliphatic rings. The highest BCUT2D eigenvalue weighted by atomic mass is 32.1. The molecule has 0 aromatic carbocycles. The molecule has 1 rings (SSSR count). The Hall–Kier alpha value is -1.70. The molecule has 1 aromatic heterocycles. The first-order chi connectivity index (χ1) is 8.13. The SMILES string of the molecule is CCCCC(NC(=O)Nc1nncs1)C(=O)O. The maximum Gasteiger partial charge on any atom is 0.326 e. The Morgan fingerprint density at radius 3 is 2.88 bits per heavy atom. The highest BCUT2D eigenvalue weighted by molar-refractivity contribution is 7.13. The predicted molar refractivity (Wildman–Crippen MR) is 63.0 cm³/mol. The molecule has 1 atom stereocenters. The molecule has 3 N–H and O–H groups in total. The van der Waals surface area contributed by atoms with E-state index >= 15 is 0 Å². The summed E-state index contributed by atoms with van der Waals surface area (Å²) in [4.78, 5) is 22.3. The minimum absolute atomic E-state index is 0.335. The van der Waals surface area contributed by atoms with E-state index in [4.69, 9.17) is 5.11 Å². The van der Waals surface area contributed by atoms with Crippen LogP contribution in [-0.4, -0.2) is 33.3 Å². The van der Waals surface area contributed by atoms with Crippen LogP contribution < -0.4 is 10.6 Å². The van der Waals surface area contributed by atoms with Crippen molar-refractivity contribution in [3.05, 3.63) is 5.51 Å². The van der Waals surface area contributed by atoms with Crippen molar-refractivity contribution in [1.82, 2.24) is 15.5 Å². The van der Waals surface area contributed by atoms with Crippen molar-refractivity contribution in [1.29, 1.82) is 0 Å². The fraction of sp³-hybridized carbons (Fsp3) is 0.556. The topological polar surface area (TPSA) is 104 Å². The molecule has 7 nitrogen and oxygen atoms in total. The van der Waals surface area contributed by atoms with Crippen molar-refractivity contribution in [2.45, 2.75) is 32.2 Å². The summed E-state index contributed by atoms with van der Waals surface area (Å²) in [5.41, 5.74) is 1.47. The zero-order chi connectivity index (χ0) is 12.7. The number of urea groups is 1. The van der Waals surface area contributed by atoms with E-state index in [1.807, 2.05) is 6.92 Å². The standard InChI is InChI=1S/C9H14N4O3S/c1-2-3-4-6(7(14)15)11-8(16)12-9-13-10-5-17-9/h5-6H,2-4H2,1H3,(H,14,15)(H2,11,12,13,16). The monoisotopic (exact) mass is 258 g/mol. The van der Waals surface area contributed by atoms with Crippen molar-refractivity contribution in [2.24, 2.45) is 0 Å². The summed E-state index contributed by atoms with van der Waals surface area (Å²) in [5, 5.41) is 21.2. The van der Waals surface area contributed by atoms with E-state index < -0.39 is 18.0 Å². The fourth-order valence-corrected chi connectivity index (χ4v) is 1.62. The minimum atomic E-state index is -1.04. The molecule has 0 aliphatic carbocycles. The van der Waals surface area contributed by atoms with Crippen LogP contribution in [0.15, 0.2) is 5.51 Å². The summed E-state index contributed by atoms with van der Waals surface area (Å²) in [6.45, 7) is 1.96. The van der Waals surface area contributed by atoms with E-state index in [2.05, 4.69) is 20.8 Å². The number of carboxylic acids is 1. The number of nitrogens with zero attached hydrogens (tertiary/aromatic N) is 2. The molecule has 1 heterocycles. The summed E-state index contributed by atoms with van der Waals surface area (Å²) in [6, 6.07) is -1.45. The number of amides is 2. The van der Waals surface area contributed by atoms with Crippen molar-refractivity contribution < 1.29 is 14.7 Å². The highest BCUT2D eigenvalue weighted by Crippen LogP contribution is 2.08. The molecule has 1 aromatic rings. The molecule has 0 saturated carbocycles.